The van der Waals surface area contributed by atoms with E-state index in [4.69, 9.17) is 8.83 Å². The smallest absolute Gasteiger partial charge is 0.373 e. The van der Waals surface area contributed by atoms with E-state index in [1.807, 2.05) is 0 Å². The lowest BCUT2D eigenvalue weighted by atomic mass is 10.1. The fourth-order valence-corrected chi connectivity index (χ4v) is 2.29. The molecule has 0 aliphatic rings. The molecular formula is C16H12O6. The van der Waals surface area contributed by atoms with E-state index in [0.717, 1.165) is 0 Å². The molecule has 0 aliphatic carbocycles. The summed E-state index contributed by atoms with van der Waals surface area (Å²) in [4.78, 5) is 24.0. The van der Waals surface area contributed by atoms with Crippen LogP contribution >= 0.6 is 0 Å². The Hall–Kier alpha value is -3.02. The number of rotatable bonds is 2. The Bertz CT molecular complexity index is 931. The second-order valence-corrected chi connectivity index (χ2v) is 4.77. The minimum Gasteiger partial charge on any atom is -0.508 e. The standard InChI is InChI=1S/C16H12O6/c1-8-5-9(17)6-13-14(8)15(18)10(7-21-13)11-3-4-12(22-11)16(19)20-2/h3-7,17H,1-2H3. The molecule has 0 amide bonds. The van der Waals surface area contributed by atoms with Gasteiger partial charge in [-0.2, -0.15) is 0 Å². The number of fused-ring (bicyclic) bond motifs is 1. The number of carbonyl (C=O) groups excluding carboxylic acids is 1. The first kappa shape index (κ1) is 13.9. The maximum absolute atomic E-state index is 12.6. The number of carbonyl (C=O) groups is 1. The van der Waals surface area contributed by atoms with E-state index in [1.54, 1.807) is 6.92 Å². The molecule has 0 saturated heterocycles. The van der Waals surface area contributed by atoms with Gasteiger partial charge in [-0.1, -0.05) is 0 Å². The number of phenolic OH excluding ortho intramolecular Hbond substituents is 1. The minimum absolute atomic E-state index is 0.000532. The Kier molecular flexibility index (Phi) is 3.21. The number of hydrogen-bond donors (Lipinski definition) is 1. The Labute approximate surface area is 124 Å². The highest BCUT2D eigenvalue weighted by Crippen LogP contribution is 2.26. The number of aryl methyl sites for hydroxylation is 1. The molecule has 6 nitrogen and oxygen atoms in total. The van der Waals surface area contributed by atoms with Crippen molar-refractivity contribution >= 4 is 16.9 Å². The molecule has 0 radical (unpaired) electrons. The highest BCUT2D eigenvalue weighted by Gasteiger charge is 2.17. The Morgan fingerprint density at radius 2 is 2.05 bits per heavy atom. The van der Waals surface area contributed by atoms with Crippen molar-refractivity contribution in [1.29, 1.82) is 0 Å². The van der Waals surface area contributed by atoms with Gasteiger partial charge in [0.1, 0.15) is 28.9 Å². The van der Waals surface area contributed by atoms with Gasteiger partial charge < -0.3 is 18.7 Å². The number of hydrogen-bond acceptors (Lipinski definition) is 6. The zero-order valence-electron chi connectivity index (χ0n) is 11.9. The molecule has 22 heavy (non-hydrogen) atoms. The normalized spacial score (nSPS) is 10.8. The van der Waals surface area contributed by atoms with Crippen LogP contribution in [0.4, 0.5) is 0 Å². The summed E-state index contributed by atoms with van der Waals surface area (Å²) >= 11 is 0. The summed E-state index contributed by atoms with van der Waals surface area (Å²) in [6, 6.07) is 5.77. The van der Waals surface area contributed by atoms with E-state index in [2.05, 4.69) is 4.74 Å². The van der Waals surface area contributed by atoms with Crippen LogP contribution in [0.2, 0.25) is 0 Å². The number of esters is 1. The zero-order valence-corrected chi connectivity index (χ0v) is 11.9. The van der Waals surface area contributed by atoms with Gasteiger partial charge in [0.2, 0.25) is 11.2 Å². The van der Waals surface area contributed by atoms with Crippen molar-refractivity contribution in [3.05, 3.63) is 52.1 Å². The van der Waals surface area contributed by atoms with Crippen LogP contribution in [0.25, 0.3) is 22.3 Å². The van der Waals surface area contributed by atoms with Crippen LogP contribution in [0.15, 0.2) is 44.2 Å². The Morgan fingerprint density at radius 3 is 2.77 bits per heavy atom. The number of ether oxygens (including phenoxy) is 1. The third kappa shape index (κ3) is 2.14. The summed E-state index contributed by atoms with van der Waals surface area (Å²) in [6.45, 7) is 1.70. The maximum atomic E-state index is 12.6. The molecule has 2 heterocycles. The fraction of sp³-hybridized carbons (Fsp3) is 0.125. The molecule has 6 heteroatoms. The van der Waals surface area contributed by atoms with Crippen molar-refractivity contribution in [3.63, 3.8) is 0 Å². The Morgan fingerprint density at radius 1 is 1.27 bits per heavy atom. The molecule has 0 spiro atoms. The maximum Gasteiger partial charge on any atom is 0.373 e. The predicted molar refractivity (Wildman–Crippen MR) is 77.9 cm³/mol. The van der Waals surface area contributed by atoms with Gasteiger partial charge in [-0.25, -0.2) is 4.79 Å². The van der Waals surface area contributed by atoms with E-state index in [9.17, 15) is 14.7 Å². The van der Waals surface area contributed by atoms with Crippen LogP contribution < -0.4 is 5.43 Å². The monoisotopic (exact) mass is 300 g/mol. The lowest BCUT2D eigenvalue weighted by molar-refractivity contribution is 0.0566. The number of methoxy groups -OCH3 is 1. The van der Waals surface area contributed by atoms with Crippen molar-refractivity contribution in [2.45, 2.75) is 6.92 Å². The molecule has 0 bridgehead atoms. The third-order valence-electron chi connectivity index (χ3n) is 3.32. The highest BCUT2D eigenvalue weighted by atomic mass is 16.5. The van der Waals surface area contributed by atoms with Crippen molar-refractivity contribution in [2.24, 2.45) is 0 Å². The molecule has 3 rings (SSSR count). The molecule has 3 aromatic rings. The molecular weight excluding hydrogens is 288 g/mol. The highest BCUT2D eigenvalue weighted by molar-refractivity contribution is 5.88. The van der Waals surface area contributed by atoms with Gasteiger partial charge in [0.05, 0.1) is 12.5 Å². The second-order valence-electron chi connectivity index (χ2n) is 4.77. The number of benzene rings is 1. The van der Waals surface area contributed by atoms with Gasteiger partial charge in [-0.3, -0.25) is 4.79 Å². The summed E-state index contributed by atoms with van der Waals surface area (Å²) < 4.78 is 15.3. The summed E-state index contributed by atoms with van der Waals surface area (Å²) in [7, 11) is 1.24. The third-order valence-corrected chi connectivity index (χ3v) is 3.32. The van der Waals surface area contributed by atoms with Gasteiger partial charge in [0.15, 0.2) is 0 Å². The average molecular weight is 300 g/mol. The van der Waals surface area contributed by atoms with Crippen molar-refractivity contribution < 1.29 is 23.5 Å². The SMILES string of the molecule is COC(=O)c1ccc(-c2coc3cc(O)cc(C)c3c2=O)o1. The van der Waals surface area contributed by atoms with Crippen molar-refractivity contribution in [2.75, 3.05) is 7.11 Å². The zero-order chi connectivity index (χ0) is 15.9. The van der Waals surface area contributed by atoms with Crippen LogP contribution in [0, 0.1) is 6.92 Å². The van der Waals surface area contributed by atoms with Crippen LogP contribution in [-0.2, 0) is 4.74 Å². The molecule has 1 aromatic carbocycles. The molecule has 2 aromatic heterocycles. The lowest BCUT2D eigenvalue weighted by Crippen LogP contribution is -2.06. The quantitative estimate of drug-likeness (QED) is 0.732. The first-order chi connectivity index (χ1) is 10.5. The van der Waals surface area contributed by atoms with Crippen LogP contribution in [0.5, 0.6) is 5.75 Å². The molecule has 1 N–H and O–H groups in total. The predicted octanol–water partition coefficient (Wildman–Crippen LogP) is 2.85. The second kappa shape index (κ2) is 5.07. The number of phenols is 1. The van der Waals surface area contributed by atoms with E-state index >= 15 is 0 Å². The summed E-state index contributed by atoms with van der Waals surface area (Å²) in [5.41, 5.74) is 0.761. The fourth-order valence-electron chi connectivity index (χ4n) is 2.29. The van der Waals surface area contributed by atoms with Crippen molar-refractivity contribution in [1.82, 2.24) is 0 Å². The topological polar surface area (TPSA) is 89.9 Å². The van der Waals surface area contributed by atoms with E-state index in [1.165, 1.54) is 37.6 Å². The summed E-state index contributed by atoms with van der Waals surface area (Å²) in [6.07, 6.45) is 1.24. The lowest BCUT2D eigenvalue weighted by Gasteiger charge is -2.04. The molecule has 0 atom stereocenters. The van der Waals surface area contributed by atoms with E-state index in [0.29, 0.717) is 10.9 Å². The van der Waals surface area contributed by atoms with Crippen LogP contribution in [-0.4, -0.2) is 18.2 Å². The van der Waals surface area contributed by atoms with Gasteiger partial charge in [0, 0.05) is 6.07 Å². The molecule has 0 saturated carbocycles. The van der Waals surface area contributed by atoms with Gasteiger partial charge in [0.25, 0.3) is 0 Å². The van der Waals surface area contributed by atoms with Gasteiger partial charge >= 0.3 is 5.97 Å². The van der Waals surface area contributed by atoms with Crippen LogP contribution in [0.3, 0.4) is 0 Å². The summed E-state index contributed by atoms with van der Waals surface area (Å²) in [5, 5.41) is 9.90. The first-order valence-corrected chi connectivity index (χ1v) is 6.45. The van der Waals surface area contributed by atoms with Gasteiger partial charge in [-0.05, 0) is 30.7 Å². The van der Waals surface area contributed by atoms with E-state index in [-0.39, 0.29) is 33.8 Å². The average Bonchev–Trinajstić information content (AvgIpc) is 2.95. The molecule has 0 fully saturated rings. The largest absolute Gasteiger partial charge is 0.508 e. The van der Waals surface area contributed by atoms with Crippen LogP contribution in [0.1, 0.15) is 16.1 Å². The molecule has 0 unspecified atom stereocenters. The van der Waals surface area contributed by atoms with Crippen molar-refractivity contribution in [3.8, 4) is 17.1 Å². The molecule has 0 aliphatic heterocycles. The number of aromatic hydroxyl groups is 1. The first-order valence-electron chi connectivity index (χ1n) is 6.45. The summed E-state index contributed by atoms with van der Waals surface area (Å²) in [5.74, 6) is -0.396. The molecule has 112 valence electrons. The number of furan rings is 1. The van der Waals surface area contributed by atoms with E-state index < -0.39 is 5.97 Å². The minimum atomic E-state index is -0.627. The van der Waals surface area contributed by atoms with Gasteiger partial charge in [-0.15, -0.1) is 0 Å². The Balaban J connectivity index is 2.20.